The van der Waals surface area contributed by atoms with Crippen molar-refractivity contribution >= 4 is 63.2 Å². The van der Waals surface area contributed by atoms with E-state index in [4.69, 9.17) is 36.5 Å². The van der Waals surface area contributed by atoms with E-state index in [1.807, 2.05) is 63.8 Å². The van der Waals surface area contributed by atoms with Crippen molar-refractivity contribution in [2.24, 2.45) is 5.41 Å². The quantitative estimate of drug-likeness (QED) is 0.0378. The second-order valence-electron chi connectivity index (χ2n) is 22.4. The number of aliphatic hydroxyl groups excluding tert-OH is 1. The molecule has 24 heteroatoms. The second kappa shape index (κ2) is 24.7. The number of benzene rings is 2. The van der Waals surface area contributed by atoms with Crippen LogP contribution in [0.5, 0.6) is 6.01 Å². The molecule has 4 aliphatic rings. The summed E-state index contributed by atoms with van der Waals surface area (Å²) in [4.78, 5) is 65.4. The molecule has 2 aromatic carbocycles. The summed E-state index contributed by atoms with van der Waals surface area (Å²) in [7, 11) is 0. The minimum atomic E-state index is -4.89. The van der Waals surface area contributed by atoms with E-state index >= 15 is 4.39 Å². The molecule has 0 radical (unpaired) electrons. The first-order valence-electron chi connectivity index (χ1n) is 27.2. The number of fused-ring (bicyclic) bond motifs is 3. The van der Waals surface area contributed by atoms with Crippen LogP contribution in [0.4, 0.5) is 29.2 Å². The summed E-state index contributed by atoms with van der Waals surface area (Å²) in [6.45, 7) is 13.6. The average Bonchev–Trinajstić information content (AvgIpc) is 4.28. The minimum absolute atomic E-state index is 0.0337. The monoisotopic (exact) mass is 1150 g/mol. The summed E-state index contributed by atoms with van der Waals surface area (Å²) in [5.41, 5.74) is 6.90. The van der Waals surface area contributed by atoms with Gasteiger partial charge >= 0.3 is 12.2 Å². The van der Waals surface area contributed by atoms with Crippen molar-refractivity contribution in [1.82, 2.24) is 45.7 Å². The Morgan fingerprint density at radius 2 is 1.70 bits per heavy atom. The molecule has 9 rings (SSSR count). The van der Waals surface area contributed by atoms with Gasteiger partial charge in [-0.05, 0) is 93.7 Å². The van der Waals surface area contributed by atoms with Crippen LogP contribution in [-0.2, 0) is 30.0 Å². The number of ether oxygens (including phenoxy) is 3. The van der Waals surface area contributed by atoms with Crippen LogP contribution < -0.4 is 31.3 Å². The molecule has 4 saturated heterocycles. The highest BCUT2D eigenvalue weighted by atomic mass is 35.5. The van der Waals surface area contributed by atoms with Crippen molar-refractivity contribution in [2.45, 2.75) is 129 Å². The number of anilines is 2. The molecule has 4 fully saturated rings. The van der Waals surface area contributed by atoms with Crippen LogP contribution in [0.2, 0.25) is 5.02 Å². The van der Waals surface area contributed by atoms with E-state index < -0.39 is 70.1 Å². The number of carbonyl (C=O) groups excluding carboxylic acids is 3. The number of thiazole rings is 1. The van der Waals surface area contributed by atoms with Gasteiger partial charge in [0.2, 0.25) is 17.7 Å². The van der Waals surface area contributed by atoms with Gasteiger partial charge in [0, 0.05) is 62.7 Å². The van der Waals surface area contributed by atoms with Crippen LogP contribution >= 0.6 is 22.9 Å². The van der Waals surface area contributed by atoms with E-state index in [9.17, 15) is 32.7 Å². The Labute approximate surface area is 471 Å². The number of halogens is 5. The first-order chi connectivity index (χ1) is 38.0. The molecule has 18 nitrogen and oxygen atoms in total. The molecular formula is C56H70ClF4N11O7S. The number of aryl methyl sites for hydroxylation is 2. The number of nitrogens with two attached hydrogens (primary N) is 1. The molecule has 4 aliphatic heterocycles. The number of hydrogen-bond acceptors (Lipinski definition) is 16. The molecule has 7 atom stereocenters. The third kappa shape index (κ3) is 13.4. The van der Waals surface area contributed by atoms with Gasteiger partial charge in [0.1, 0.15) is 42.4 Å². The molecule has 2 unspecified atom stereocenters. The topological polar surface area (TPSA) is 223 Å². The molecule has 3 amide bonds. The number of alkyl halides is 3. The predicted molar refractivity (Wildman–Crippen MR) is 297 cm³/mol. The number of aromatic nitrogens is 4. The van der Waals surface area contributed by atoms with Crippen LogP contribution in [0.15, 0.2) is 41.9 Å². The number of nitrogens with one attached hydrogen (secondary N) is 3. The molecule has 7 heterocycles. The highest BCUT2D eigenvalue weighted by Gasteiger charge is 2.45. The minimum Gasteiger partial charge on any atom is -0.462 e. The zero-order valence-electron chi connectivity index (χ0n) is 45.8. The summed E-state index contributed by atoms with van der Waals surface area (Å²) < 4.78 is 78.2. The normalized spacial score (nSPS) is 21.3. The lowest BCUT2D eigenvalue weighted by Gasteiger charge is -2.35. The Hall–Kier alpha value is -5.82. The first-order valence-corrected chi connectivity index (χ1v) is 28.5. The number of hydrogen-bond donors (Lipinski definition) is 5. The Bertz CT molecular complexity index is 3050. The molecular weight excluding hydrogens is 1080 g/mol. The van der Waals surface area contributed by atoms with Crippen molar-refractivity contribution in [3.05, 3.63) is 75.1 Å². The van der Waals surface area contributed by atoms with Gasteiger partial charge in [-0.2, -0.15) is 23.1 Å². The standard InChI is InChI=1S/C56H70ClF4N11O7S/c1-30-21-42(62)66-48(45(30)56(59,60)61)44-40(57)23-39-47(46(44)58)68-54(69-51(39)71-24-35-14-15-36(25-71)65-35)79-27-37-9-7-16-70(37)17-8-18-77-19-20-78-28-43(74)67-50(55(4,5)6)53(76)72-26-38(73)22-41(72)52(75)64-31(2)33-10-12-34(13-11-33)49-32(3)63-29-80-49/h10-13,21,23,29,31,35-38,41,50,65,73H,7-9,14-20,22,24-28H2,1-6H3,(H2,62,66)(H,64,75)(H,67,74)/t31-,35?,36?,37-,38+,41-,50+/m0/s1. The number of aliphatic hydroxyl groups is 1. The van der Waals surface area contributed by atoms with E-state index in [0.29, 0.717) is 38.5 Å². The summed E-state index contributed by atoms with van der Waals surface area (Å²) in [5.74, 6) is -2.33. The molecule has 0 saturated carbocycles. The Morgan fingerprint density at radius 1 is 0.975 bits per heavy atom. The van der Waals surface area contributed by atoms with Crippen molar-refractivity contribution in [3.8, 4) is 27.7 Å². The van der Waals surface area contributed by atoms with E-state index in [1.54, 1.807) is 16.8 Å². The summed E-state index contributed by atoms with van der Waals surface area (Å²) in [5, 5.41) is 20.0. The van der Waals surface area contributed by atoms with Crippen LogP contribution in [0.3, 0.4) is 0 Å². The molecule has 3 aromatic heterocycles. The van der Waals surface area contributed by atoms with Crippen molar-refractivity contribution in [2.75, 3.05) is 76.4 Å². The number of β-amino-alcohol motifs (C(OH)–C–C–N with tert-alkyl or cyclic N) is 1. The third-order valence-corrected chi connectivity index (χ3v) is 16.7. The lowest BCUT2D eigenvalue weighted by Crippen LogP contribution is -2.58. The van der Waals surface area contributed by atoms with Crippen molar-refractivity contribution in [1.29, 1.82) is 0 Å². The number of likely N-dealkylation sites (tertiary alicyclic amines) is 2. The number of carbonyl (C=O) groups is 3. The molecule has 80 heavy (non-hydrogen) atoms. The first kappa shape index (κ1) is 58.8. The number of nitrogen functional groups attached to an aromatic ring is 1. The van der Waals surface area contributed by atoms with Gasteiger partial charge in [0.15, 0.2) is 5.82 Å². The van der Waals surface area contributed by atoms with Gasteiger partial charge in [0.05, 0.1) is 63.3 Å². The third-order valence-electron chi connectivity index (χ3n) is 15.4. The van der Waals surface area contributed by atoms with E-state index in [1.165, 1.54) is 17.9 Å². The molecule has 432 valence electrons. The van der Waals surface area contributed by atoms with Crippen LogP contribution in [0, 0.1) is 25.1 Å². The van der Waals surface area contributed by atoms with Gasteiger partial charge in [-0.15, -0.1) is 11.3 Å². The maximum Gasteiger partial charge on any atom is 0.418 e. The fourth-order valence-corrected chi connectivity index (χ4v) is 12.5. The zero-order chi connectivity index (χ0) is 57.2. The molecule has 5 aromatic rings. The van der Waals surface area contributed by atoms with Gasteiger partial charge in [-0.3, -0.25) is 19.3 Å². The predicted octanol–water partition coefficient (Wildman–Crippen LogP) is 7.40. The van der Waals surface area contributed by atoms with Crippen molar-refractivity contribution < 1.29 is 51.3 Å². The maximum atomic E-state index is 17.0. The Morgan fingerprint density at radius 3 is 2.39 bits per heavy atom. The van der Waals surface area contributed by atoms with Gasteiger partial charge in [0.25, 0.3) is 0 Å². The maximum absolute atomic E-state index is 17.0. The summed E-state index contributed by atoms with van der Waals surface area (Å²) in [6.07, 6.45) is -1.44. The van der Waals surface area contributed by atoms with Crippen LogP contribution in [-0.4, -0.2) is 155 Å². The van der Waals surface area contributed by atoms with Crippen molar-refractivity contribution in [3.63, 3.8) is 0 Å². The highest BCUT2D eigenvalue weighted by molar-refractivity contribution is 7.13. The molecule has 2 bridgehead atoms. The molecule has 0 aliphatic carbocycles. The Kier molecular flexibility index (Phi) is 18.2. The van der Waals surface area contributed by atoms with E-state index in [0.717, 1.165) is 60.0 Å². The van der Waals surface area contributed by atoms with E-state index in [-0.39, 0.29) is 96.9 Å². The second-order valence-corrected chi connectivity index (χ2v) is 23.7. The molecule has 0 spiro atoms. The summed E-state index contributed by atoms with van der Waals surface area (Å²) in [6, 6.07) is 8.22. The fraction of sp³-hybridized carbons (Fsp3) is 0.554. The molecule has 6 N–H and O–H groups in total. The number of pyridine rings is 1. The largest absolute Gasteiger partial charge is 0.462 e. The number of piperazine rings is 1. The number of nitrogens with zero attached hydrogens (tertiary/aromatic N) is 7. The van der Waals surface area contributed by atoms with Gasteiger partial charge < -0.3 is 50.8 Å². The summed E-state index contributed by atoms with van der Waals surface area (Å²) >= 11 is 8.24. The lowest BCUT2D eigenvalue weighted by molar-refractivity contribution is -0.144. The fourth-order valence-electron chi connectivity index (χ4n) is 11.4. The smallest absolute Gasteiger partial charge is 0.418 e. The SMILES string of the molecule is Cc1cc(N)nc(-c2c(Cl)cc3c(N4CC5CCC(C4)N5)nc(OC[C@@H]4CCCN4CCCOCCOCC(=O)N[C@H](C(=O)N4C[C@H](O)C[C@H]4C(=O)N[C@@H](C)c4ccc(-c5scnc5C)cc4)C(C)(C)C)nc3c2F)c1C(F)(F)F. The highest BCUT2D eigenvalue weighted by Crippen LogP contribution is 2.45. The Balaban J connectivity index is 0.749. The number of rotatable bonds is 20. The average molecular weight is 1150 g/mol. The van der Waals surface area contributed by atoms with Gasteiger partial charge in [-0.1, -0.05) is 56.6 Å². The van der Waals surface area contributed by atoms with Crippen LogP contribution in [0.25, 0.3) is 32.6 Å². The van der Waals surface area contributed by atoms with Gasteiger partial charge in [-0.25, -0.2) is 14.4 Å². The lowest BCUT2D eigenvalue weighted by atomic mass is 9.85. The van der Waals surface area contributed by atoms with Crippen LogP contribution in [0.1, 0.15) is 94.6 Å². The zero-order valence-corrected chi connectivity index (χ0v) is 47.4. The van der Waals surface area contributed by atoms with E-state index in [2.05, 4.69) is 35.8 Å². The number of amides is 3.